The molecular formula is C25H27FN2O4S. The summed E-state index contributed by atoms with van der Waals surface area (Å²) in [6.45, 7) is 5.13. The maximum Gasteiger partial charge on any atom is 0.290 e. The van der Waals surface area contributed by atoms with Gasteiger partial charge in [0.15, 0.2) is 5.76 Å². The first kappa shape index (κ1) is 23.0. The molecule has 0 saturated carbocycles. The van der Waals surface area contributed by atoms with Gasteiger partial charge in [-0.2, -0.15) is 0 Å². The topological polar surface area (TPSA) is 63.0 Å². The van der Waals surface area contributed by atoms with Crippen LogP contribution in [-0.2, 0) is 11.2 Å². The van der Waals surface area contributed by atoms with Crippen LogP contribution in [0.5, 0.6) is 5.75 Å². The number of thiophene rings is 1. The Hall–Kier alpha value is -3.13. The molecule has 3 heterocycles. The third kappa shape index (κ3) is 5.45. The van der Waals surface area contributed by atoms with Gasteiger partial charge in [0, 0.05) is 24.0 Å². The molecular weight excluding hydrogens is 443 g/mol. The maximum atomic E-state index is 13.6. The smallest absolute Gasteiger partial charge is 0.290 e. The molecule has 33 heavy (non-hydrogen) atoms. The number of benzene rings is 1. The summed E-state index contributed by atoms with van der Waals surface area (Å²) >= 11 is 1.66. The highest BCUT2D eigenvalue weighted by atomic mass is 32.1. The second kappa shape index (κ2) is 10.2. The number of hydrogen-bond acceptors (Lipinski definition) is 5. The SMILES string of the molecule is CC(C)CN(CC(=O)N1CCc2sccc2C1COc1cccc(F)c1)C(=O)c1ccco1. The van der Waals surface area contributed by atoms with Crippen LogP contribution >= 0.6 is 11.3 Å². The van der Waals surface area contributed by atoms with Gasteiger partial charge in [0.2, 0.25) is 5.91 Å². The van der Waals surface area contributed by atoms with E-state index in [1.54, 1.807) is 45.4 Å². The normalized spacial score (nSPS) is 15.4. The zero-order valence-electron chi connectivity index (χ0n) is 18.7. The highest BCUT2D eigenvalue weighted by molar-refractivity contribution is 7.10. The van der Waals surface area contributed by atoms with Crippen molar-refractivity contribution in [3.8, 4) is 5.75 Å². The van der Waals surface area contributed by atoms with E-state index in [-0.39, 0.29) is 48.5 Å². The lowest BCUT2D eigenvalue weighted by molar-refractivity contribution is -0.135. The van der Waals surface area contributed by atoms with Gasteiger partial charge in [0.1, 0.15) is 24.7 Å². The van der Waals surface area contributed by atoms with Crippen molar-refractivity contribution < 1.29 is 23.1 Å². The van der Waals surface area contributed by atoms with Crippen LogP contribution in [0.1, 0.15) is 40.9 Å². The molecule has 0 aliphatic carbocycles. The van der Waals surface area contributed by atoms with Crippen molar-refractivity contribution in [1.82, 2.24) is 9.80 Å². The Bertz CT molecular complexity index is 1100. The van der Waals surface area contributed by atoms with E-state index in [1.165, 1.54) is 23.3 Å². The highest BCUT2D eigenvalue weighted by Crippen LogP contribution is 2.34. The van der Waals surface area contributed by atoms with Gasteiger partial charge in [-0.3, -0.25) is 9.59 Å². The van der Waals surface area contributed by atoms with E-state index >= 15 is 0 Å². The lowest BCUT2D eigenvalue weighted by atomic mass is 10.00. The second-order valence-corrected chi connectivity index (χ2v) is 9.48. The van der Waals surface area contributed by atoms with Crippen LogP contribution in [-0.4, -0.2) is 47.9 Å². The van der Waals surface area contributed by atoms with Crippen LogP contribution < -0.4 is 4.74 Å². The van der Waals surface area contributed by atoms with E-state index in [9.17, 15) is 14.0 Å². The molecule has 8 heteroatoms. The first-order valence-electron chi connectivity index (χ1n) is 11.0. The fraction of sp³-hybridized carbons (Fsp3) is 0.360. The van der Waals surface area contributed by atoms with Crippen molar-refractivity contribution in [2.75, 3.05) is 26.2 Å². The maximum absolute atomic E-state index is 13.6. The van der Waals surface area contributed by atoms with Gasteiger partial charge < -0.3 is 19.0 Å². The van der Waals surface area contributed by atoms with Crippen LogP contribution in [0.15, 0.2) is 58.5 Å². The summed E-state index contributed by atoms with van der Waals surface area (Å²) in [5.41, 5.74) is 1.05. The molecule has 0 fully saturated rings. The Labute approximate surface area is 196 Å². The van der Waals surface area contributed by atoms with Gasteiger partial charge >= 0.3 is 0 Å². The van der Waals surface area contributed by atoms with Crippen molar-refractivity contribution in [2.24, 2.45) is 5.92 Å². The largest absolute Gasteiger partial charge is 0.491 e. The molecule has 6 nitrogen and oxygen atoms in total. The minimum atomic E-state index is -0.374. The monoisotopic (exact) mass is 470 g/mol. The number of carbonyl (C=O) groups excluding carboxylic acids is 2. The molecule has 4 rings (SSSR count). The Kier molecular flexibility index (Phi) is 7.13. The summed E-state index contributed by atoms with van der Waals surface area (Å²) in [5, 5.41) is 2.01. The predicted octanol–water partition coefficient (Wildman–Crippen LogP) is 4.78. The van der Waals surface area contributed by atoms with Gasteiger partial charge in [0.25, 0.3) is 5.91 Å². The van der Waals surface area contributed by atoms with Crippen LogP contribution in [0, 0.1) is 11.7 Å². The average Bonchev–Trinajstić information content (AvgIpc) is 3.48. The van der Waals surface area contributed by atoms with Crippen LogP contribution in [0.25, 0.3) is 0 Å². The lowest BCUT2D eigenvalue weighted by Crippen LogP contribution is -2.48. The lowest BCUT2D eigenvalue weighted by Gasteiger charge is -2.37. The molecule has 0 N–H and O–H groups in total. The number of nitrogens with zero attached hydrogens (tertiary/aromatic N) is 2. The third-order valence-electron chi connectivity index (χ3n) is 5.55. The number of furan rings is 1. The van der Waals surface area contributed by atoms with Gasteiger partial charge in [-0.15, -0.1) is 11.3 Å². The fourth-order valence-corrected chi connectivity index (χ4v) is 5.00. The van der Waals surface area contributed by atoms with E-state index in [1.807, 2.05) is 25.3 Å². The van der Waals surface area contributed by atoms with Crippen LogP contribution in [0.4, 0.5) is 4.39 Å². The molecule has 1 unspecified atom stereocenters. The number of halogens is 1. The molecule has 1 aliphatic rings. The number of rotatable bonds is 8. The number of hydrogen-bond donors (Lipinski definition) is 0. The summed E-state index contributed by atoms with van der Waals surface area (Å²) < 4.78 is 24.7. The molecule has 0 bridgehead atoms. The van der Waals surface area contributed by atoms with E-state index in [0.29, 0.717) is 18.8 Å². The Morgan fingerprint density at radius 3 is 2.85 bits per heavy atom. The average molecular weight is 471 g/mol. The summed E-state index contributed by atoms with van der Waals surface area (Å²) in [6, 6.07) is 10.9. The molecule has 3 aromatic rings. The van der Waals surface area contributed by atoms with E-state index in [2.05, 4.69) is 0 Å². The number of carbonyl (C=O) groups is 2. The van der Waals surface area contributed by atoms with Crippen LogP contribution in [0.3, 0.4) is 0 Å². The molecule has 2 amide bonds. The summed E-state index contributed by atoms with van der Waals surface area (Å²) in [5.74, 6) is -0.00908. The third-order valence-corrected chi connectivity index (χ3v) is 6.55. The number of amides is 2. The first-order chi connectivity index (χ1) is 15.9. The van der Waals surface area contributed by atoms with Crippen molar-refractivity contribution in [1.29, 1.82) is 0 Å². The number of ether oxygens (including phenoxy) is 1. The molecule has 0 radical (unpaired) electrons. The summed E-state index contributed by atoms with van der Waals surface area (Å²) in [6.07, 6.45) is 2.21. The quantitative estimate of drug-likeness (QED) is 0.475. The summed E-state index contributed by atoms with van der Waals surface area (Å²) in [7, 11) is 0. The molecule has 174 valence electrons. The highest BCUT2D eigenvalue weighted by Gasteiger charge is 2.34. The molecule has 0 spiro atoms. The Morgan fingerprint density at radius 1 is 1.27 bits per heavy atom. The molecule has 0 saturated heterocycles. The molecule has 1 atom stereocenters. The minimum absolute atomic E-state index is 0.0480. The molecule has 2 aromatic heterocycles. The number of fused-ring (bicyclic) bond motifs is 1. The van der Waals surface area contributed by atoms with E-state index in [4.69, 9.17) is 9.15 Å². The minimum Gasteiger partial charge on any atom is -0.491 e. The molecule has 1 aromatic carbocycles. The Balaban J connectivity index is 1.52. The predicted molar refractivity (Wildman–Crippen MR) is 124 cm³/mol. The van der Waals surface area contributed by atoms with Crippen LogP contribution in [0.2, 0.25) is 0 Å². The van der Waals surface area contributed by atoms with Gasteiger partial charge in [-0.25, -0.2) is 4.39 Å². The summed E-state index contributed by atoms with van der Waals surface area (Å²) in [4.78, 5) is 30.9. The Morgan fingerprint density at radius 2 is 2.12 bits per heavy atom. The van der Waals surface area contributed by atoms with Crippen molar-refractivity contribution in [3.63, 3.8) is 0 Å². The van der Waals surface area contributed by atoms with Crippen molar-refractivity contribution >= 4 is 23.2 Å². The van der Waals surface area contributed by atoms with Crippen molar-refractivity contribution in [3.05, 3.63) is 76.1 Å². The van der Waals surface area contributed by atoms with Crippen molar-refractivity contribution in [2.45, 2.75) is 26.3 Å². The standard InChI is InChI=1S/C25H27FN2O4S/c1-17(2)14-27(25(30)22-7-4-11-31-22)15-24(29)28-10-8-23-20(9-12-33-23)21(28)16-32-19-6-3-5-18(26)13-19/h3-7,9,11-13,17,21H,8,10,14-16H2,1-2H3. The van der Waals surface area contributed by atoms with Gasteiger partial charge in [0.05, 0.1) is 12.3 Å². The fourth-order valence-electron chi connectivity index (χ4n) is 4.08. The van der Waals surface area contributed by atoms with E-state index in [0.717, 1.165) is 12.0 Å². The van der Waals surface area contributed by atoms with Gasteiger partial charge in [-0.1, -0.05) is 19.9 Å². The molecule has 1 aliphatic heterocycles. The zero-order valence-corrected chi connectivity index (χ0v) is 19.5. The van der Waals surface area contributed by atoms with Gasteiger partial charge in [-0.05, 0) is 53.6 Å². The second-order valence-electron chi connectivity index (χ2n) is 8.48. The van der Waals surface area contributed by atoms with E-state index < -0.39 is 0 Å². The first-order valence-corrected chi connectivity index (χ1v) is 11.9. The zero-order chi connectivity index (χ0) is 23.4.